The van der Waals surface area contributed by atoms with Gasteiger partial charge in [-0.3, -0.25) is 0 Å². The van der Waals surface area contributed by atoms with Crippen LogP contribution < -0.4 is 5.84 Å². The molecule has 0 saturated carbocycles. The molecule has 0 radical (unpaired) electrons. The smallest absolute Gasteiger partial charge is 0.281 e. The molecule has 2 aliphatic carbocycles. The summed E-state index contributed by atoms with van der Waals surface area (Å²) < 4.78 is 89.2. The lowest BCUT2D eigenvalue weighted by Crippen LogP contribution is -2.26. The fourth-order valence-electron chi connectivity index (χ4n) is 5.13. The van der Waals surface area contributed by atoms with Crippen molar-refractivity contribution in [2.75, 3.05) is 5.84 Å². The number of nitrogens with zero attached hydrogens (tertiary/aromatic N) is 3. The summed E-state index contributed by atoms with van der Waals surface area (Å²) in [4.78, 5) is 3.76. The number of halogens is 6. The van der Waals surface area contributed by atoms with Gasteiger partial charge in [-0.05, 0) is 46.9 Å². The Labute approximate surface area is 189 Å². The molecule has 1 aromatic heterocycles. The summed E-state index contributed by atoms with van der Waals surface area (Å²) >= 11 is 0. The minimum atomic E-state index is -3.69. The van der Waals surface area contributed by atoms with Crippen molar-refractivity contribution in [3.63, 3.8) is 0 Å². The van der Waals surface area contributed by atoms with E-state index in [0.29, 0.717) is 0 Å². The highest BCUT2D eigenvalue weighted by Crippen LogP contribution is 2.54. The molecule has 3 N–H and O–H groups in total. The third kappa shape index (κ3) is 3.09. The lowest BCUT2D eigenvalue weighted by Gasteiger charge is -2.33. The number of fused-ring (bicyclic) bond motifs is 2. The quantitative estimate of drug-likeness (QED) is 0.419. The van der Waals surface area contributed by atoms with Crippen LogP contribution in [0.5, 0.6) is 0 Å². The molecular formula is C23H16F6N4O. The van der Waals surface area contributed by atoms with Gasteiger partial charge in [0.05, 0.1) is 23.5 Å². The van der Waals surface area contributed by atoms with Gasteiger partial charge < -0.3 is 10.9 Å². The highest BCUT2D eigenvalue weighted by atomic mass is 19.3. The highest BCUT2D eigenvalue weighted by molar-refractivity contribution is 5.71. The Morgan fingerprint density at radius 2 is 1.88 bits per heavy atom. The standard InChI is InChI=1S/C23H16F6N4O/c24-10-1-9(6-30)18-12(4-16(26)21(27)13(18)2-10)11-3-15(25)20(17-7-32-8-33(17)31)19-14(11)5-23(28,29)22(19)34/h1-3,7-8,12,16,21-22,34H,4-5,31H2/t12?,16-,21+,22-/m0/s1. The van der Waals surface area contributed by atoms with Gasteiger partial charge in [0.1, 0.15) is 30.2 Å². The normalized spacial score (nSPS) is 25.0. The van der Waals surface area contributed by atoms with E-state index in [2.05, 4.69) is 4.98 Å². The first-order valence-electron chi connectivity index (χ1n) is 10.3. The number of imidazole rings is 1. The number of hydrogen-bond donors (Lipinski definition) is 2. The average Bonchev–Trinajstić information content (AvgIpc) is 3.30. The van der Waals surface area contributed by atoms with Crippen LogP contribution in [0.4, 0.5) is 26.3 Å². The molecule has 176 valence electrons. The maximum atomic E-state index is 15.5. The van der Waals surface area contributed by atoms with E-state index in [9.17, 15) is 32.3 Å². The zero-order chi connectivity index (χ0) is 24.5. The first-order valence-corrected chi connectivity index (χ1v) is 10.3. The molecule has 3 aromatic rings. The second kappa shape index (κ2) is 7.50. The van der Waals surface area contributed by atoms with Crippen LogP contribution in [0.15, 0.2) is 30.7 Å². The lowest BCUT2D eigenvalue weighted by atomic mass is 9.73. The summed E-state index contributed by atoms with van der Waals surface area (Å²) in [5.74, 6) is -1.19. The zero-order valence-electron chi connectivity index (χ0n) is 17.2. The van der Waals surface area contributed by atoms with Gasteiger partial charge in [-0.25, -0.2) is 36.0 Å². The van der Waals surface area contributed by atoms with E-state index in [0.717, 1.165) is 35.4 Å². The summed E-state index contributed by atoms with van der Waals surface area (Å²) in [6.07, 6.45) is -6.13. The number of rotatable bonds is 2. The largest absolute Gasteiger partial charge is 0.382 e. The summed E-state index contributed by atoms with van der Waals surface area (Å²) in [6.45, 7) is 0. The molecule has 0 aliphatic heterocycles. The van der Waals surface area contributed by atoms with Crippen molar-refractivity contribution in [2.45, 2.75) is 43.1 Å². The van der Waals surface area contributed by atoms with Crippen LogP contribution in [-0.2, 0) is 6.42 Å². The molecule has 1 unspecified atom stereocenters. The molecule has 0 spiro atoms. The van der Waals surface area contributed by atoms with Crippen molar-refractivity contribution in [1.29, 1.82) is 5.26 Å². The molecule has 5 nitrogen and oxygen atoms in total. The van der Waals surface area contributed by atoms with Crippen LogP contribution in [0.3, 0.4) is 0 Å². The zero-order valence-corrected chi connectivity index (χ0v) is 17.2. The Kier molecular flexibility index (Phi) is 4.91. The Balaban J connectivity index is 1.82. The van der Waals surface area contributed by atoms with Gasteiger partial charge in [-0.2, -0.15) is 5.26 Å². The number of nitriles is 1. The Hall–Kier alpha value is -3.52. The monoisotopic (exact) mass is 478 g/mol. The molecule has 0 fully saturated rings. The SMILES string of the molecule is N#Cc1cc(F)cc2c1C(c1cc(F)c(-c3cncn3N)c3c1CC(F)(F)[C@H]3O)C[C@H](F)[C@@H]2F. The van der Waals surface area contributed by atoms with Crippen LogP contribution in [0.2, 0.25) is 0 Å². The Morgan fingerprint density at radius 3 is 2.53 bits per heavy atom. The minimum absolute atomic E-state index is 0.0759. The lowest BCUT2D eigenvalue weighted by molar-refractivity contribution is -0.0967. The number of alkyl halides is 4. The van der Waals surface area contributed by atoms with Crippen LogP contribution in [0.1, 0.15) is 58.0 Å². The van der Waals surface area contributed by atoms with Crippen molar-refractivity contribution in [2.24, 2.45) is 0 Å². The predicted octanol–water partition coefficient (Wildman–Crippen LogP) is 4.52. The van der Waals surface area contributed by atoms with E-state index in [1.165, 1.54) is 0 Å². The maximum absolute atomic E-state index is 15.5. The first-order chi connectivity index (χ1) is 16.0. The van der Waals surface area contributed by atoms with E-state index in [1.807, 2.05) is 0 Å². The van der Waals surface area contributed by atoms with Crippen LogP contribution in [0.25, 0.3) is 11.3 Å². The fourth-order valence-corrected chi connectivity index (χ4v) is 5.13. The van der Waals surface area contributed by atoms with Crippen molar-refractivity contribution >= 4 is 0 Å². The molecule has 0 bridgehead atoms. The predicted molar refractivity (Wildman–Crippen MR) is 108 cm³/mol. The second-order valence-electron chi connectivity index (χ2n) is 8.52. The number of nitrogen functional groups attached to an aromatic ring is 1. The molecule has 4 atom stereocenters. The summed E-state index contributed by atoms with van der Waals surface area (Å²) in [6, 6.07) is 4.22. The molecular weight excluding hydrogens is 462 g/mol. The van der Waals surface area contributed by atoms with Crippen molar-refractivity contribution < 1.29 is 31.4 Å². The van der Waals surface area contributed by atoms with E-state index in [1.54, 1.807) is 6.07 Å². The van der Waals surface area contributed by atoms with Crippen LogP contribution in [0, 0.1) is 23.0 Å². The third-order valence-electron chi connectivity index (χ3n) is 6.57. The van der Waals surface area contributed by atoms with Crippen molar-refractivity contribution in [3.05, 3.63) is 75.7 Å². The minimum Gasteiger partial charge on any atom is -0.382 e. The summed E-state index contributed by atoms with van der Waals surface area (Å²) in [5.41, 5.74) is -2.02. The van der Waals surface area contributed by atoms with Crippen LogP contribution in [-0.4, -0.2) is 26.9 Å². The number of hydrogen-bond acceptors (Lipinski definition) is 4. The van der Waals surface area contributed by atoms with Gasteiger partial charge in [0.15, 0.2) is 6.17 Å². The molecule has 1 heterocycles. The van der Waals surface area contributed by atoms with E-state index in [-0.39, 0.29) is 33.5 Å². The maximum Gasteiger partial charge on any atom is 0.281 e. The number of aliphatic hydroxyl groups excluding tert-OH is 1. The van der Waals surface area contributed by atoms with Crippen molar-refractivity contribution in [1.82, 2.24) is 9.66 Å². The van der Waals surface area contributed by atoms with E-state index in [4.69, 9.17) is 5.84 Å². The van der Waals surface area contributed by atoms with E-state index < -0.39 is 65.9 Å². The van der Waals surface area contributed by atoms with E-state index >= 15 is 4.39 Å². The third-order valence-corrected chi connectivity index (χ3v) is 6.57. The summed E-state index contributed by atoms with van der Waals surface area (Å²) in [5, 5.41) is 19.9. The molecule has 0 saturated heterocycles. The van der Waals surface area contributed by atoms with Gasteiger partial charge in [0, 0.05) is 23.5 Å². The summed E-state index contributed by atoms with van der Waals surface area (Å²) in [7, 11) is 0. The molecule has 0 amide bonds. The second-order valence-corrected chi connectivity index (χ2v) is 8.52. The molecule has 11 heteroatoms. The molecule has 34 heavy (non-hydrogen) atoms. The van der Waals surface area contributed by atoms with Crippen molar-refractivity contribution in [3.8, 4) is 17.3 Å². The van der Waals surface area contributed by atoms with Gasteiger partial charge in [0.25, 0.3) is 5.92 Å². The molecule has 2 aromatic carbocycles. The van der Waals surface area contributed by atoms with Gasteiger partial charge in [-0.1, -0.05) is 0 Å². The number of nitrogens with two attached hydrogens (primary N) is 1. The number of aromatic nitrogens is 2. The topological polar surface area (TPSA) is 87.9 Å². The van der Waals surface area contributed by atoms with Crippen LogP contribution >= 0.6 is 0 Å². The van der Waals surface area contributed by atoms with Gasteiger partial charge >= 0.3 is 0 Å². The molecule has 5 rings (SSSR count). The fraction of sp³-hybridized carbons (Fsp3) is 0.304. The average molecular weight is 478 g/mol. The highest BCUT2D eigenvalue weighted by Gasteiger charge is 2.51. The van der Waals surface area contributed by atoms with Gasteiger partial charge in [0.2, 0.25) is 0 Å². The van der Waals surface area contributed by atoms with Gasteiger partial charge in [-0.15, -0.1) is 0 Å². The number of aliphatic hydroxyl groups is 1. The Bertz CT molecular complexity index is 1360. The number of benzene rings is 2. The first kappa shape index (κ1) is 22.3. The Morgan fingerprint density at radius 1 is 1.15 bits per heavy atom. The molecule has 2 aliphatic rings.